The van der Waals surface area contributed by atoms with Gasteiger partial charge in [-0.05, 0) is 45.2 Å². The minimum Gasteiger partial charge on any atom is -0.497 e. The quantitative estimate of drug-likeness (QED) is 0.128. The van der Waals surface area contributed by atoms with E-state index in [1.807, 2.05) is 42.7 Å². The molecule has 0 aliphatic rings. The third kappa shape index (κ3) is 5.04. The summed E-state index contributed by atoms with van der Waals surface area (Å²) in [6.45, 7) is 0. The second kappa shape index (κ2) is 12.8. The van der Waals surface area contributed by atoms with Crippen LogP contribution in [0.25, 0.3) is 88.3 Å². The van der Waals surface area contributed by atoms with Crippen molar-refractivity contribution in [3.63, 3.8) is 0 Å². The Balaban J connectivity index is 0.00000361. The molecule has 0 saturated carbocycles. The van der Waals surface area contributed by atoms with Gasteiger partial charge in [0.25, 0.3) is 0 Å². The van der Waals surface area contributed by atoms with Gasteiger partial charge >= 0.3 is 21.1 Å². The van der Waals surface area contributed by atoms with Gasteiger partial charge in [-0.25, -0.2) is 0 Å². The first-order valence-corrected chi connectivity index (χ1v) is 17.7. The summed E-state index contributed by atoms with van der Waals surface area (Å²) in [7, 11) is 0. The predicted octanol–water partition coefficient (Wildman–Crippen LogP) is 12.0. The van der Waals surface area contributed by atoms with E-state index in [2.05, 4.69) is 148 Å². The van der Waals surface area contributed by atoms with E-state index in [4.69, 9.17) is 14.7 Å². The number of imidazole rings is 2. The van der Waals surface area contributed by atoms with Crippen LogP contribution in [-0.4, -0.2) is 18.8 Å². The number of nitrogens with zero attached hydrogens (tertiary/aromatic N) is 4. The van der Waals surface area contributed by atoms with Crippen molar-refractivity contribution >= 4 is 54.6 Å². The number of fused-ring (bicyclic) bond motifs is 12. The van der Waals surface area contributed by atoms with E-state index in [9.17, 15) is 0 Å². The molecule has 0 aliphatic carbocycles. The fraction of sp³-hybridized carbons (Fsp3) is 0. The molecule has 0 saturated heterocycles. The Hall–Kier alpha value is -6.55. The van der Waals surface area contributed by atoms with Crippen LogP contribution < -0.4 is 4.74 Å². The van der Waals surface area contributed by atoms with Crippen LogP contribution in [0.1, 0.15) is 0 Å². The van der Waals surface area contributed by atoms with Crippen molar-refractivity contribution in [3.8, 4) is 45.1 Å². The SMILES string of the molecule is [Pt+2].[c-]1c(Oc2[c-]c3c(cc2)c2ccc(-c4ccccc4)cc2n2c(-c4ccccc4)cnc32)ccc2c1c1ncc(-c3ccccc3)n1c1ccccc21. The Labute approximate surface area is 325 Å². The summed E-state index contributed by atoms with van der Waals surface area (Å²) in [5.74, 6) is 1.18. The van der Waals surface area contributed by atoms with E-state index in [-0.39, 0.29) is 21.1 Å². The van der Waals surface area contributed by atoms with Crippen LogP contribution in [0.3, 0.4) is 0 Å². The Morgan fingerprint density at radius 1 is 0.407 bits per heavy atom. The topological polar surface area (TPSA) is 43.8 Å². The van der Waals surface area contributed by atoms with Gasteiger partial charge in [-0.2, -0.15) is 0 Å². The summed E-state index contributed by atoms with van der Waals surface area (Å²) < 4.78 is 11.1. The van der Waals surface area contributed by atoms with E-state index >= 15 is 0 Å². The minimum absolute atomic E-state index is 0. The van der Waals surface area contributed by atoms with E-state index in [1.165, 1.54) is 5.56 Å². The zero-order valence-corrected chi connectivity index (χ0v) is 31.0. The summed E-state index contributed by atoms with van der Waals surface area (Å²) in [4.78, 5) is 9.95. The van der Waals surface area contributed by atoms with Crippen molar-refractivity contribution in [2.75, 3.05) is 0 Å². The number of benzene rings is 7. The van der Waals surface area contributed by atoms with Crippen LogP contribution in [0, 0.1) is 12.1 Å². The van der Waals surface area contributed by atoms with Gasteiger partial charge in [0.15, 0.2) is 0 Å². The smallest absolute Gasteiger partial charge is 0.497 e. The fourth-order valence-electron chi connectivity index (χ4n) is 7.81. The molecule has 54 heavy (non-hydrogen) atoms. The third-order valence-electron chi connectivity index (χ3n) is 10.2. The van der Waals surface area contributed by atoms with Gasteiger partial charge in [-0.1, -0.05) is 167 Å². The zero-order valence-electron chi connectivity index (χ0n) is 28.7. The van der Waals surface area contributed by atoms with Crippen molar-refractivity contribution in [3.05, 3.63) is 182 Å². The summed E-state index contributed by atoms with van der Waals surface area (Å²) in [5.41, 5.74) is 10.4. The zero-order chi connectivity index (χ0) is 34.9. The van der Waals surface area contributed by atoms with Gasteiger partial charge < -0.3 is 13.5 Å². The predicted molar refractivity (Wildman–Crippen MR) is 214 cm³/mol. The van der Waals surface area contributed by atoms with Crippen LogP contribution in [0.2, 0.25) is 0 Å². The first-order valence-electron chi connectivity index (χ1n) is 17.7. The molecule has 256 valence electrons. The largest absolute Gasteiger partial charge is 2.00 e. The molecule has 0 bridgehead atoms. The normalized spacial score (nSPS) is 11.6. The molecule has 0 fully saturated rings. The van der Waals surface area contributed by atoms with Gasteiger partial charge in [0.2, 0.25) is 0 Å². The maximum Gasteiger partial charge on any atom is 2.00 e. The van der Waals surface area contributed by atoms with Crippen molar-refractivity contribution < 1.29 is 25.8 Å². The van der Waals surface area contributed by atoms with Gasteiger partial charge in [0.1, 0.15) is 0 Å². The summed E-state index contributed by atoms with van der Waals surface area (Å²) >= 11 is 0. The molecule has 0 unspecified atom stereocenters. The molecule has 11 rings (SSSR count). The Kier molecular flexibility index (Phi) is 7.64. The van der Waals surface area contributed by atoms with Crippen LogP contribution in [-0.2, 0) is 21.1 Å². The molecule has 0 atom stereocenters. The van der Waals surface area contributed by atoms with Crippen molar-refractivity contribution in [1.82, 2.24) is 18.8 Å². The molecule has 0 radical (unpaired) electrons. The van der Waals surface area contributed by atoms with Crippen LogP contribution in [0.5, 0.6) is 11.5 Å². The number of hydrogen-bond acceptors (Lipinski definition) is 3. The van der Waals surface area contributed by atoms with Crippen LogP contribution in [0.15, 0.2) is 170 Å². The Bertz CT molecular complexity index is 3190. The number of aromatic nitrogens is 4. The molecule has 0 aliphatic heterocycles. The van der Waals surface area contributed by atoms with Gasteiger partial charge in [0.05, 0.1) is 22.7 Å². The first-order chi connectivity index (χ1) is 26.3. The molecule has 4 aromatic heterocycles. The number of pyridine rings is 2. The number of rotatable bonds is 5. The Morgan fingerprint density at radius 2 is 0.870 bits per heavy atom. The number of hydrogen-bond donors (Lipinski definition) is 0. The standard InChI is InChI=1S/C48H28N4O.Pt/c1-4-12-31(13-5-1)34-20-23-40-38-25-22-36(28-42(38)48-50-30-46(52(48)44(40)26-34)33-16-8-3-9-17-33)53-35-21-24-37-39-18-10-11-19-43(39)51-45(32-14-6-2-7-15-32)29-49-47(51)41(37)27-35;/h1-26,29-30H;/q-2;+2. The van der Waals surface area contributed by atoms with Crippen LogP contribution >= 0.6 is 0 Å². The summed E-state index contributed by atoms with van der Waals surface area (Å²) in [6, 6.07) is 61.8. The molecule has 11 aromatic rings. The van der Waals surface area contributed by atoms with Crippen molar-refractivity contribution in [2.24, 2.45) is 0 Å². The maximum absolute atomic E-state index is 6.59. The van der Waals surface area contributed by atoms with E-state index in [0.717, 1.165) is 82.7 Å². The van der Waals surface area contributed by atoms with E-state index < -0.39 is 0 Å². The molecular formula is C48H28N4OPt. The number of ether oxygens (including phenoxy) is 1. The molecule has 0 spiro atoms. The first kappa shape index (κ1) is 32.1. The third-order valence-corrected chi connectivity index (χ3v) is 10.2. The van der Waals surface area contributed by atoms with Gasteiger partial charge in [0, 0.05) is 34.9 Å². The molecule has 0 amide bonds. The molecule has 0 N–H and O–H groups in total. The van der Waals surface area contributed by atoms with E-state index in [1.54, 1.807) is 0 Å². The second-order valence-corrected chi connectivity index (χ2v) is 13.3. The molecule has 6 heteroatoms. The fourth-order valence-corrected chi connectivity index (χ4v) is 7.81. The number of para-hydroxylation sites is 1. The average Bonchev–Trinajstić information content (AvgIpc) is 3.89. The minimum atomic E-state index is 0. The van der Waals surface area contributed by atoms with Gasteiger partial charge in [-0.3, -0.25) is 9.97 Å². The van der Waals surface area contributed by atoms with E-state index in [0.29, 0.717) is 11.5 Å². The average molecular weight is 872 g/mol. The van der Waals surface area contributed by atoms with Crippen LogP contribution in [0.4, 0.5) is 0 Å². The van der Waals surface area contributed by atoms with Gasteiger partial charge in [-0.15, -0.1) is 12.1 Å². The van der Waals surface area contributed by atoms with Crippen molar-refractivity contribution in [2.45, 2.75) is 0 Å². The Morgan fingerprint density at radius 3 is 1.44 bits per heavy atom. The molecular weight excluding hydrogens is 844 g/mol. The molecule has 5 nitrogen and oxygen atoms in total. The van der Waals surface area contributed by atoms with Crippen molar-refractivity contribution in [1.29, 1.82) is 0 Å². The summed E-state index contributed by atoms with van der Waals surface area (Å²) in [6.07, 6.45) is 3.91. The molecule has 4 heterocycles. The second-order valence-electron chi connectivity index (χ2n) is 13.3. The monoisotopic (exact) mass is 871 g/mol. The molecule has 7 aromatic carbocycles. The summed E-state index contributed by atoms with van der Waals surface area (Å²) in [5, 5.41) is 6.16. The maximum atomic E-state index is 6.59.